The van der Waals surface area contributed by atoms with E-state index in [0.717, 1.165) is 13.1 Å². The third-order valence-electron chi connectivity index (χ3n) is 5.45. The van der Waals surface area contributed by atoms with Crippen molar-refractivity contribution in [2.45, 2.75) is 70.6 Å². The maximum absolute atomic E-state index is 12.6. The molecule has 1 spiro atoms. The Morgan fingerprint density at radius 3 is 2.15 bits per heavy atom. The van der Waals surface area contributed by atoms with Gasteiger partial charge in [-0.3, -0.25) is 4.79 Å². The summed E-state index contributed by atoms with van der Waals surface area (Å²) >= 11 is 0. The van der Waals surface area contributed by atoms with Crippen molar-refractivity contribution in [2.24, 2.45) is 17.1 Å². The molecule has 0 bridgehead atoms. The Hall–Kier alpha value is -1.35. The molecule has 0 radical (unpaired) electrons. The number of nitrogens with two attached hydrogens (primary N) is 1. The van der Waals surface area contributed by atoms with Crippen LogP contribution in [-0.4, -0.2) is 47.8 Å². The smallest absolute Gasteiger partial charge is 0.475 e. The number of amides is 1. The zero-order valence-electron chi connectivity index (χ0n) is 15.6. The number of hydrogen-bond donors (Lipinski definition) is 4. The van der Waals surface area contributed by atoms with E-state index in [1.165, 1.54) is 32.1 Å². The summed E-state index contributed by atoms with van der Waals surface area (Å²) in [5, 5.41) is 13.7. The van der Waals surface area contributed by atoms with Crippen LogP contribution in [-0.2, 0) is 9.59 Å². The van der Waals surface area contributed by atoms with E-state index in [1.807, 2.05) is 20.8 Å². The molecule has 2 unspecified atom stereocenters. The molecule has 0 aromatic carbocycles. The highest BCUT2D eigenvalue weighted by Crippen LogP contribution is 2.44. The number of carboxylic acid groups (broad SMARTS) is 1. The average molecular weight is 381 g/mol. The van der Waals surface area contributed by atoms with Crippen molar-refractivity contribution in [3.05, 3.63) is 0 Å². The first kappa shape index (κ1) is 22.7. The standard InChI is InChI=1S/C15H29N3O.C2HF3O2/c1-11(14(2,3)16)18-13(19)12-9-17-10-15(12)7-5-4-6-8-15;3-2(4,5)1(6)7/h11-12,17H,4-10,16H2,1-3H3,(H,18,19);(H,6,7). The lowest BCUT2D eigenvalue weighted by atomic mass is 9.67. The molecule has 1 saturated heterocycles. The Balaban J connectivity index is 0.000000412. The molecular weight excluding hydrogens is 351 g/mol. The fourth-order valence-electron chi connectivity index (χ4n) is 3.46. The lowest BCUT2D eigenvalue weighted by Crippen LogP contribution is -2.55. The number of halogens is 3. The van der Waals surface area contributed by atoms with Crippen LogP contribution in [0.15, 0.2) is 0 Å². The highest BCUT2D eigenvalue weighted by atomic mass is 19.4. The molecular formula is C17H30F3N3O3. The zero-order chi connectivity index (χ0) is 20.2. The van der Waals surface area contributed by atoms with Crippen LogP contribution in [0.1, 0.15) is 52.9 Å². The Morgan fingerprint density at radius 1 is 1.23 bits per heavy atom. The van der Waals surface area contributed by atoms with E-state index in [0.29, 0.717) is 0 Å². The summed E-state index contributed by atoms with van der Waals surface area (Å²) in [6.07, 6.45) is 1.16. The largest absolute Gasteiger partial charge is 0.490 e. The fraction of sp³-hybridized carbons (Fsp3) is 0.882. The average Bonchev–Trinajstić information content (AvgIpc) is 2.89. The van der Waals surface area contributed by atoms with Crippen LogP contribution >= 0.6 is 0 Å². The van der Waals surface area contributed by atoms with Crippen molar-refractivity contribution >= 4 is 11.9 Å². The number of carbonyl (C=O) groups is 2. The molecule has 1 amide bonds. The van der Waals surface area contributed by atoms with Gasteiger partial charge in [-0.15, -0.1) is 0 Å². The van der Waals surface area contributed by atoms with Crippen molar-refractivity contribution in [1.29, 1.82) is 0 Å². The Kier molecular flexibility index (Phi) is 7.47. The van der Waals surface area contributed by atoms with Crippen LogP contribution in [0.2, 0.25) is 0 Å². The van der Waals surface area contributed by atoms with Gasteiger partial charge in [0.05, 0.1) is 5.92 Å². The molecule has 0 aromatic heterocycles. The van der Waals surface area contributed by atoms with Gasteiger partial charge in [-0.2, -0.15) is 13.2 Å². The summed E-state index contributed by atoms with van der Waals surface area (Å²) < 4.78 is 31.7. The molecule has 26 heavy (non-hydrogen) atoms. The molecule has 1 aliphatic carbocycles. The molecule has 9 heteroatoms. The number of alkyl halides is 3. The minimum atomic E-state index is -5.08. The lowest BCUT2D eigenvalue weighted by Gasteiger charge is -2.38. The normalized spacial score (nSPS) is 23.7. The highest BCUT2D eigenvalue weighted by molar-refractivity contribution is 5.80. The van der Waals surface area contributed by atoms with Crippen LogP contribution < -0.4 is 16.4 Å². The third kappa shape index (κ3) is 6.12. The summed E-state index contributed by atoms with van der Waals surface area (Å²) in [5.41, 5.74) is 5.90. The number of hydrogen-bond acceptors (Lipinski definition) is 4. The Bertz CT molecular complexity index is 498. The first-order chi connectivity index (χ1) is 11.8. The summed E-state index contributed by atoms with van der Waals surface area (Å²) in [4.78, 5) is 21.5. The van der Waals surface area contributed by atoms with Crippen LogP contribution in [0.4, 0.5) is 13.2 Å². The number of aliphatic carboxylic acids is 1. The van der Waals surface area contributed by atoms with Gasteiger partial charge in [0.2, 0.25) is 5.91 Å². The topological polar surface area (TPSA) is 104 Å². The van der Waals surface area contributed by atoms with Gasteiger partial charge >= 0.3 is 12.1 Å². The molecule has 0 aromatic rings. The number of nitrogens with one attached hydrogen (secondary N) is 2. The Morgan fingerprint density at radius 2 is 1.73 bits per heavy atom. The van der Waals surface area contributed by atoms with Gasteiger partial charge in [0.15, 0.2) is 0 Å². The summed E-state index contributed by atoms with van der Waals surface area (Å²) in [7, 11) is 0. The predicted octanol–water partition coefficient (Wildman–Crippen LogP) is 2.03. The molecule has 1 heterocycles. The highest BCUT2D eigenvalue weighted by Gasteiger charge is 2.47. The maximum Gasteiger partial charge on any atom is 0.490 e. The molecule has 1 saturated carbocycles. The van der Waals surface area contributed by atoms with E-state index in [4.69, 9.17) is 15.6 Å². The van der Waals surface area contributed by atoms with E-state index in [1.54, 1.807) is 0 Å². The van der Waals surface area contributed by atoms with Crippen molar-refractivity contribution < 1.29 is 27.9 Å². The van der Waals surface area contributed by atoms with Crippen molar-refractivity contribution in [2.75, 3.05) is 13.1 Å². The van der Waals surface area contributed by atoms with Crippen LogP contribution in [0.5, 0.6) is 0 Å². The second kappa shape index (κ2) is 8.56. The molecule has 2 fully saturated rings. The fourth-order valence-corrected chi connectivity index (χ4v) is 3.46. The molecule has 152 valence electrons. The van der Waals surface area contributed by atoms with E-state index in [2.05, 4.69) is 10.6 Å². The molecule has 1 aliphatic heterocycles. The SMILES string of the molecule is CC(NC(=O)C1CNCC12CCCCC2)C(C)(C)N.O=C(O)C(F)(F)F. The number of rotatable bonds is 3. The van der Waals surface area contributed by atoms with Crippen LogP contribution in [0, 0.1) is 11.3 Å². The molecule has 6 nitrogen and oxygen atoms in total. The van der Waals surface area contributed by atoms with E-state index < -0.39 is 12.1 Å². The first-order valence-corrected chi connectivity index (χ1v) is 8.90. The second-order valence-electron chi connectivity index (χ2n) is 7.96. The van der Waals surface area contributed by atoms with Gasteiger partial charge in [0.25, 0.3) is 0 Å². The van der Waals surface area contributed by atoms with Gasteiger partial charge in [-0.1, -0.05) is 19.3 Å². The van der Waals surface area contributed by atoms with Gasteiger partial charge in [-0.25, -0.2) is 4.79 Å². The summed E-state index contributed by atoms with van der Waals surface area (Å²) in [5.74, 6) is -2.44. The van der Waals surface area contributed by atoms with Gasteiger partial charge < -0.3 is 21.5 Å². The molecule has 2 aliphatic rings. The number of carboxylic acids is 1. The predicted molar refractivity (Wildman–Crippen MR) is 91.4 cm³/mol. The quantitative estimate of drug-likeness (QED) is 0.599. The second-order valence-corrected chi connectivity index (χ2v) is 7.96. The molecule has 2 atom stereocenters. The van der Waals surface area contributed by atoms with E-state index in [-0.39, 0.29) is 28.8 Å². The van der Waals surface area contributed by atoms with Gasteiger partial charge in [0, 0.05) is 24.7 Å². The third-order valence-corrected chi connectivity index (χ3v) is 5.45. The van der Waals surface area contributed by atoms with E-state index in [9.17, 15) is 18.0 Å². The minimum absolute atomic E-state index is 0.00115. The van der Waals surface area contributed by atoms with Crippen LogP contribution in [0.25, 0.3) is 0 Å². The van der Waals surface area contributed by atoms with Gasteiger partial charge in [-0.05, 0) is 39.0 Å². The van der Waals surface area contributed by atoms with Crippen molar-refractivity contribution in [3.63, 3.8) is 0 Å². The van der Waals surface area contributed by atoms with Gasteiger partial charge in [0.1, 0.15) is 0 Å². The Labute approximate surface area is 152 Å². The lowest BCUT2D eigenvalue weighted by molar-refractivity contribution is -0.192. The summed E-state index contributed by atoms with van der Waals surface area (Å²) in [6, 6.07) is 0.00115. The maximum atomic E-state index is 12.6. The molecule has 5 N–H and O–H groups in total. The first-order valence-electron chi connectivity index (χ1n) is 8.90. The van der Waals surface area contributed by atoms with Crippen LogP contribution in [0.3, 0.4) is 0 Å². The molecule has 2 rings (SSSR count). The summed E-state index contributed by atoms with van der Waals surface area (Å²) in [6.45, 7) is 7.74. The minimum Gasteiger partial charge on any atom is -0.475 e. The monoisotopic (exact) mass is 381 g/mol. The zero-order valence-corrected chi connectivity index (χ0v) is 15.6. The van der Waals surface area contributed by atoms with E-state index >= 15 is 0 Å². The van der Waals surface area contributed by atoms with Crippen molar-refractivity contribution in [1.82, 2.24) is 10.6 Å². The number of carbonyl (C=O) groups excluding carboxylic acids is 1. The van der Waals surface area contributed by atoms with Crippen molar-refractivity contribution in [3.8, 4) is 0 Å².